The molecular formula is C15H7Cl6N3O. The number of alkyl halides is 6. The summed E-state index contributed by atoms with van der Waals surface area (Å²) in [6.07, 6.45) is 0. The molecule has 0 radical (unpaired) electrons. The third-order valence-electron chi connectivity index (χ3n) is 3.28. The molecule has 0 amide bonds. The molecule has 1 aromatic heterocycles. The number of hydrogen-bond acceptors (Lipinski definition) is 4. The van der Waals surface area contributed by atoms with Gasteiger partial charge in [0, 0.05) is 5.39 Å². The van der Waals surface area contributed by atoms with Gasteiger partial charge in [-0.1, -0.05) is 99.9 Å². The molecule has 0 saturated heterocycles. The van der Waals surface area contributed by atoms with E-state index < -0.39 is 7.59 Å². The Kier molecular flexibility index (Phi) is 5.15. The number of benzene rings is 2. The Hall–Kier alpha value is -0.750. The molecule has 0 spiro atoms. The number of halogens is 6. The number of hydrogen-bond donors (Lipinski definition) is 1. The zero-order valence-corrected chi connectivity index (χ0v) is 16.6. The Labute approximate surface area is 172 Å². The number of aromatic hydroxyl groups is 1. The molecule has 4 nitrogen and oxygen atoms in total. The second-order valence-corrected chi connectivity index (χ2v) is 9.55. The summed E-state index contributed by atoms with van der Waals surface area (Å²) in [5.74, 6) is -0.483. The molecule has 1 heterocycles. The molecule has 10 heteroatoms. The van der Waals surface area contributed by atoms with Crippen molar-refractivity contribution in [3.8, 4) is 17.1 Å². The molecule has 0 saturated carbocycles. The maximum atomic E-state index is 10.6. The van der Waals surface area contributed by atoms with E-state index in [9.17, 15) is 5.11 Å². The zero-order chi connectivity index (χ0) is 18.4. The number of nitrogens with zero attached hydrogens (tertiary/aromatic N) is 3. The SMILES string of the molecule is Oc1c(-c2nc(C(Cl)(Cl)Cl)nc(C(Cl)(Cl)Cl)n2)ccc2ccccc12. The molecule has 0 atom stereocenters. The van der Waals surface area contributed by atoms with Crippen molar-refractivity contribution in [3.05, 3.63) is 48.0 Å². The molecule has 3 rings (SSSR count). The standard InChI is InChI=1S/C15H7Cl6N3O/c16-14(17,18)12-22-11(23-13(24-12)15(19,20)21)9-6-5-7-3-1-2-4-8(7)10(9)25/h1-6,25H. The van der Waals surface area contributed by atoms with Crippen molar-refractivity contribution in [1.29, 1.82) is 0 Å². The van der Waals surface area contributed by atoms with Gasteiger partial charge in [-0.2, -0.15) is 0 Å². The number of aromatic nitrogens is 3. The highest BCUT2D eigenvalue weighted by Crippen LogP contribution is 2.42. The van der Waals surface area contributed by atoms with Gasteiger partial charge in [0.15, 0.2) is 17.5 Å². The van der Waals surface area contributed by atoms with Crippen LogP contribution in [-0.2, 0) is 7.59 Å². The fourth-order valence-electron chi connectivity index (χ4n) is 2.19. The van der Waals surface area contributed by atoms with Crippen LogP contribution in [0.1, 0.15) is 11.6 Å². The first-order valence-electron chi connectivity index (χ1n) is 6.69. The largest absolute Gasteiger partial charge is 0.507 e. The van der Waals surface area contributed by atoms with Crippen LogP contribution in [0.5, 0.6) is 5.75 Å². The van der Waals surface area contributed by atoms with Crippen LogP contribution >= 0.6 is 69.6 Å². The lowest BCUT2D eigenvalue weighted by Gasteiger charge is -2.16. The van der Waals surface area contributed by atoms with Crippen molar-refractivity contribution in [2.45, 2.75) is 7.59 Å². The highest BCUT2D eigenvalue weighted by Gasteiger charge is 2.34. The molecule has 0 fully saturated rings. The summed E-state index contributed by atoms with van der Waals surface area (Å²) in [4.78, 5) is 12.1. The van der Waals surface area contributed by atoms with Gasteiger partial charge in [0.05, 0.1) is 5.56 Å². The fraction of sp³-hybridized carbons (Fsp3) is 0.133. The van der Waals surface area contributed by atoms with Gasteiger partial charge in [0.1, 0.15) is 5.75 Å². The van der Waals surface area contributed by atoms with E-state index in [2.05, 4.69) is 15.0 Å². The Morgan fingerprint density at radius 3 is 1.84 bits per heavy atom. The smallest absolute Gasteiger partial charge is 0.250 e. The summed E-state index contributed by atoms with van der Waals surface area (Å²) in [6, 6.07) is 10.7. The molecule has 25 heavy (non-hydrogen) atoms. The molecule has 3 aromatic rings. The minimum Gasteiger partial charge on any atom is -0.507 e. The average Bonchev–Trinajstić information content (AvgIpc) is 2.53. The van der Waals surface area contributed by atoms with Crippen molar-refractivity contribution in [2.24, 2.45) is 0 Å². The van der Waals surface area contributed by atoms with Crippen LogP contribution in [0.25, 0.3) is 22.2 Å². The summed E-state index contributed by atoms with van der Waals surface area (Å²) in [5, 5.41) is 12.0. The van der Waals surface area contributed by atoms with Crippen molar-refractivity contribution in [1.82, 2.24) is 15.0 Å². The third-order valence-corrected chi connectivity index (χ3v) is 4.30. The summed E-state index contributed by atoms with van der Waals surface area (Å²) in [7, 11) is 0. The van der Waals surface area contributed by atoms with E-state index in [4.69, 9.17) is 69.6 Å². The van der Waals surface area contributed by atoms with Crippen molar-refractivity contribution >= 4 is 80.4 Å². The molecule has 0 aliphatic heterocycles. The topological polar surface area (TPSA) is 58.9 Å². The van der Waals surface area contributed by atoms with Gasteiger partial charge < -0.3 is 5.11 Å². The number of phenolic OH excluding ortho intramolecular Hbond substituents is 1. The van der Waals surface area contributed by atoms with Gasteiger partial charge in [-0.05, 0) is 11.5 Å². The van der Waals surface area contributed by atoms with Crippen molar-refractivity contribution in [2.75, 3.05) is 0 Å². The highest BCUT2D eigenvalue weighted by atomic mass is 35.6. The Balaban J connectivity index is 2.28. The van der Waals surface area contributed by atoms with E-state index >= 15 is 0 Å². The van der Waals surface area contributed by atoms with Crippen LogP contribution in [0.2, 0.25) is 0 Å². The lowest BCUT2D eigenvalue weighted by atomic mass is 10.0. The average molecular weight is 458 g/mol. The number of fused-ring (bicyclic) bond motifs is 1. The van der Waals surface area contributed by atoms with Gasteiger partial charge in [-0.25, -0.2) is 15.0 Å². The monoisotopic (exact) mass is 455 g/mol. The number of rotatable bonds is 1. The van der Waals surface area contributed by atoms with Crippen molar-refractivity contribution < 1.29 is 5.11 Å². The summed E-state index contributed by atoms with van der Waals surface area (Å²) in [6.45, 7) is 0. The maximum absolute atomic E-state index is 10.6. The molecule has 0 bridgehead atoms. The van der Waals surface area contributed by atoms with Crippen LogP contribution in [-0.4, -0.2) is 20.1 Å². The first-order valence-corrected chi connectivity index (χ1v) is 8.95. The van der Waals surface area contributed by atoms with E-state index in [1.54, 1.807) is 24.3 Å². The van der Waals surface area contributed by atoms with Gasteiger partial charge in [0.2, 0.25) is 7.59 Å². The Morgan fingerprint density at radius 2 is 1.28 bits per heavy atom. The van der Waals surface area contributed by atoms with E-state index in [1.165, 1.54) is 0 Å². The highest BCUT2D eigenvalue weighted by molar-refractivity contribution is 6.67. The minimum atomic E-state index is -1.96. The maximum Gasteiger partial charge on any atom is 0.250 e. The van der Waals surface area contributed by atoms with Gasteiger partial charge in [-0.15, -0.1) is 0 Å². The first kappa shape index (κ1) is 19.0. The van der Waals surface area contributed by atoms with E-state index in [0.29, 0.717) is 5.39 Å². The number of phenols is 1. The van der Waals surface area contributed by atoms with Crippen molar-refractivity contribution in [3.63, 3.8) is 0 Å². The van der Waals surface area contributed by atoms with Gasteiger partial charge >= 0.3 is 0 Å². The lowest BCUT2D eigenvalue weighted by molar-refractivity contribution is 0.483. The molecule has 1 N–H and O–H groups in total. The predicted octanol–water partition coefficient (Wildman–Crippen LogP) is 6.05. The van der Waals surface area contributed by atoms with E-state index in [0.717, 1.165) is 5.39 Å². The van der Waals surface area contributed by atoms with Crippen LogP contribution < -0.4 is 0 Å². The van der Waals surface area contributed by atoms with Crippen LogP contribution in [0, 0.1) is 0 Å². The second kappa shape index (κ2) is 6.76. The van der Waals surface area contributed by atoms with Gasteiger partial charge in [0.25, 0.3) is 0 Å². The van der Waals surface area contributed by atoms with Crippen LogP contribution in [0.15, 0.2) is 36.4 Å². The molecule has 0 aliphatic carbocycles. The summed E-state index contributed by atoms with van der Waals surface area (Å²) >= 11 is 35.2. The van der Waals surface area contributed by atoms with E-state index in [-0.39, 0.29) is 28.8 Å². The Bertz CT molecular complexity index is 920. The normalized spacial score (nSPS) is 12.6. The Morgan fingerprint density at radius 1 is 0.720 bits per heavy atom. The minimum absolute atomic E-state index is 0.0147. The molecule has 0 aliphatic rings. The fourth-order valence-corrected chi connectivity index (χ4v) is 2.69. The third kappa shape index (κ3) is 4.00. The van der Waals surface area contributed by atoms with Crippen LogP contribution in [0.4, 0.5) is 0 Å². The second-order valence-electron chi connectivity index (χ2n) is 4.98. The lowest BCUT2D eigenvalue weighted by Crippen LogP contribution is -2.16. The zero-order valence-electron chi connectivity index (χ0n) is 12.0. The molecular weight excluding hydrogens is 451 g/mol. The van der Waals surface area contributed by atoms with Gasteiger partial charge in [-0.3, -0.25) is 0 Å². The summed E-state index contributed by atoms with van der Waals surface area (Å²) < 4.78 is -3.93. The first-order chi connectivity index (χ1) is 11.6. The molecule has 0 unspecified atom stereocenters. The van der Waals surface area contributed by atoms with E-state index in [1.807, 2.05) is 12.1 Å². The van der Waals surface area contributed by atoms with Crippen LogP contribution in [0.3, 0.4) is 0 Å². The predicted molar refractivity (Wildman–Crippen MR) is 103 cm³/mol. The molecule has 130 valence electrons. The summed E-state index contributed by atoms with van der Waals surface area (Å²) in [5.41, 5.74) is 0.284. The molecule has 2 aromatic carbocycles. The quantitative estimate of drug-likeness (QED) is 0.452.